The standard InChI is InChI=1S/C18H20N4O2/c1-12(10-16-5-4-8-24-16)20-18(23)15-6-7-17(19-11-15)22-14(3)9-13(2)21-22/h4-9,11-12H,10H2,1-3H3,(H,20,23). The Balaban J connectivity index is 1.66. The van der Waals surface area contributed by atoms with Gasteiger partial charge in [0, 0.05) is 24.4 Å². The third-order valence-electron chi connectivity index (χ3n) is 3.70. The molecule has 0 saturated heterocycles. The van der Waals surface area contributed by atoms with Crippen molar-refractivity contribution in [1.29, 1.82) is 0 Å². The predicted octanol–water partition coefficient (Wildman–Crippen LogP) is 2.84. The summed E-state index contributed by atoms with van der Waals surface area (Å²) in [5.74, 6) is 1.39. The Kier molecular flexibility index (Phi) is 4.46. The molecule has 1 atom stereocenters. The molecule has 0 saturated carbocycles. The van der Waals surface area contributed by atoms with Gasteiger partial charge in [-0.15, -0.1) is 0 Å². The summed E-state index contributed by atoms with van der Waals surface area (Å²) in [6.45, 7) is 5.85. The van der Waals surface area contributed by atoms with Crippen molar-refractivity contribution in [3.63, 3.8) is 0 Å². The van der Waals surface area contributed by atoms with Crippen molar-refractivity contribution in [3.8, 4) is 5.82 Å². The summed E-state index contributed by atoms with van der Waals surface area (Å²) in [5, 5.41) is 7.34. The number of hydrogen-bond acceptors (Lipinski definition) is 4. The van der Waals surface area contributed by atoms with Crippen LogP contribution in [0.1, 0.15) is 34.4 Å². The molecule has 6 heteroatoms. The fraction of sp³-hybridized carbons (Fsp3) is 0.278. The molecule has 1 amide bonds. The molecule has 0 spiro atoms. The van der Waals surface area contributed by atoms with Gasteiger partial charge >= 0.3 is 0 Å². The van der Waals surface area contributed by atoms with E-state index in [1.165, 1.54) is 0 Å². The minimum atomic E-state index is -0.151. The zero-order chi connectivity index (χ0) is 17.1. The van der Waals surface area contributed by atoms with Crippen LogP contribution >= 0.6 is 0 Å². The van der Waals surface area contributed by atoms with E-state index in [1.54, 1.807) is 29.3 Å². The van der Waals surface area contributed by atoms with Crippen LogP contribution in [0.2, 0.25) is 0 Å². The minimum Gasteiger partial charge on any atom is -0.469 e. The van der Waals surface area contributed by atoms with Crippen LogP contribution < -0.4 is 5.32 Å². The van der Waals surface area contributed by atoms with Gasteiger partial charge in [-0.1, -0.05) is 0 Å². The molecule has 24 heavy (non-hydrogen) atoms. The lowest BCUT2D eigenvalue weighted by atomic mass is 10.2. The number of carbonyl (C=O) groups is 1. The largest absolute Gasteiger partial charge is 0.469 e. The van der Waals surface area contributed by atoms with Crippen LogP contribution in [0, 0.1) is 13.8 Å². The Hall–Kier alpha value is -2.89. The molecule has 1 unspecified atom stereocenters. The highest BCUT2D eigenvalue weighted by molar-refractivity contribution is 5.94. The summed E-state index contributed by atoms with van der Waals surface area (Å²) >= 11 is 0. The number of hydrogen-bond donors (Lipinski definition) is 1. The van der Waals surface area contributed by atoms with Gasteiger partial charge in [0.2, 0.25) is 0 Å². The zero-order valence-corrected chi connectivity index (χ0v) is 14.0. The monoisotopic (exact) mass is 324 g/mol. The van der Waals surface area contributed by atoms with Crippen molar-refractivity contribution >= 4 is 5.91 Å². The number of nitrogens with zero attached hydrogens (tertiary/aromatic N) is 3. The summed E-state index contributed by atoms with van der Waals surface area (Å²) in [6, 6.07) is 9.25. The molecular weight excluding hydrogens is 304 g/mol. The molecule has 3 aromatic rings. The van der Waals surface area contributed by atoms with E-state index in [9.17, 15) is 4.79 Å². The van der Waals surface area contributed by atoms with Crippen molar-refractivity contribution in [2.45, 2.75) is 33.2 Å². The van der Waals surface area contributed by atoms with Crippen LogP contribution in [0.15, 0.2) is 47.2 Å². The van der Waals surface area contributed by atoms with E-state index in [-0.39, 0.29) is 11.9 Å². The van der Waals surface area contributed by atoms with Gasteiger partial charge in [0.05, 0.1) is 17.5 Å². The smallest absolute Gasteiger partial charge is 0.253 e. The topological polar surface area (TPSA) is 73.0 Å². The highest BCUT2D eigenvalue weighted by atomic mass is 16.3. The fourth-order valence-electron chi connectivity index (χ4n) is 2.60. The van der Waals surface area contributed by atoms with Crippen LogP contribution in [0.3, 0.4) is 0 Å². The SMILES string of the molecule is Cc1cc(C)n(-c2ccc(C(=O)NC(C)Cc3ccco3)cn2)n1. The third-order valence-corrected chi connectivity index (χ3v) is 3.70. The number of rotatable bonds is 5. The number of aromatic nitrogens is 3. The summed E-state index contributed by atoms with van der Waals surface area (Å²) in [7, 11) is 0. The molecule has 6 nitrogen and oxygen atoms in total. The third kappa shape index (κ3) is 3.53. The van der Waals surface area contributed by atoms with Crippen LogP contribution in [0.5, 0.6) is 0 Å². The fourth-order valence-corrected chi connectivity index (χ4v) is 2.60. The Labute approximate surface area is 140 Å². The lowest BCUT2D eigenvalue weighted by Gasteiger charge is -2.12. The van der Waals surface area contributed by atoms with Gasteiger partial charge in [0.1, 0.15) is 5.76 Å². The van der Waals surface area contributed by atoms with Crippen molar-refractivity contribution in [1.82, 2.24) is 20.1 Å². The molecule has 0 radical (unpaired) electrons. The second-order valence-electron chi connectivity index (χ2n) is 5.90. The lowest BCUT2D eigenvalue weighted by Crippen LogP contribution is -2.34. The number of aryl methyl sites for hydroxylation is 2. The number of furan rings is 1. The lowest BCUT2D eigenvalue weighted by molar-refractivity contribution is 0.0939. The highest BCUT2D eigenvalue weighted by Gasteiger charge is 2.13. The summed E-state index contributed by atoms with van der Waals surface area (Å²) in [4.78, 5) is 16.6. The molecular formula is C18H20N4O2. The van der Waals surface area contributed by atoms with Gasteiger partial charge in [-0.05, 0) is 51.1 Å². The quantitative estimate of drug-likeness (QED) is 0.783. The molecule has 0 fully saturated rings. The maximum atomic E-state index is 12.3. The summed E-state index contributed by atoms with van der Waals surface area (Å²) < 4.78 is 7.06. The predicted molar refractivity (Wildman–Crippen MR) is 90.2 cm³/mol. The Morgan fingerprint density at radius 1 is 1.33 bits per heavy atom. The maximum Gasteiger partial charge on any atom is 0.253 e. The van der Waals surface area contributed by atoms with Gasteiger partial charge in [-0.25, -0.2) is 9.67 Å². The molecule has 3 rings (SSSR count). The number of amides is 1. The van der Waals surface area contributed by atoms with Crippen LogP contribution in [-0.2, 0) is 6.42 Å². The zero-order valence-electron chi connectivity index (χ0n) is 14.0. The first-order valence-corrected chi connectivity index (χ1v) is 7.86. The Bertz CT molecular complexity index is 819. The van der Waals surface area contributed by atoms with Crippen molar-refractivity contribution < 1.29 is 9.21 Å². The molecule has 1 N–H and O–H groups in total. The number of nitrogens with one attached hydrogen (secondary N) is 1. The van der Waals surface area contributed by atoms with Crippen LogP contribution in [-0.4, -0.2) is 26.7 Å². The Morgan fingerprint density at radius 3 is 2.75 bits per heavy atom. The molecule has 0 bridgehead atoms. The van der Waals surface area contributed by atoms with Crippen LogP contribution in [0.4, 0.5) is 0 Å². The van der Waals surface area contributed by atoms with Gasteiger partial charge in [-0.3, -0.25) is 4.79 Å². The molecule has 3 heterocycles. The normalized spacial score (nSPS) is 12.1. The van der Waals surface area contributed by atoms with E-state index in [0.29, 0.717) is 17.8 Å². The van der Waals surface area contributed by atoms with Crippen molar-refractivity contribution in [2.24, 2.45) is 0 Å². The second kappa shape index (κ2) is 6.70. The average molecular weight is 324 g/mol. The summed E-state index contributed by atoms with van der Waals surface area (Å²) in [6.07, 6.45) is 3.85. The van der Waals surface area contributed by atoms with Gasteiger partial charge in [-0.2, -0.15) is 5.10 Å². The minimum absolute atomic E-state index is 0.0284. The molecule has 3 aromatic heterocycles. The number of pyridine rings is 1. The van der Waals surface area contributed by atoms with E-state index < -0.39 is 0 Å². The van der Waals surface area contributed by atoms with Crippen LogP contribution in [0.25, 0.3) is 5.82 Å². The van der Waals surface area contributed by atoms with Crippen molar-refractivity contribution in [3.05, 3.63) is 65.5 Å². The Morgan fingerprint density at radius 2 is 2.17 bits per heavy atom. The van der Waals surface area contributed by atoms with E-state index >= 15 is 0 Å². The average Bonchev–Trinajstić information content (AvgIpc) is 3.16. The van der Waals surface area contributed by atoms with E-state index in [2.05, 4.69) is 15.4 Å². The molecule has 0 aliphatic heterocycles. The highest BCUT2D eigenvalue weighted by Crippen LogP contribution is 2.11. The molecule has 0 aromatic carbocycles. The molecule has 0 aliphatic carbocycles. The van der Waals surface area contributed by atoms with Crippen molar-refractivity contribution in [2.75, 3.05) is 0 Å². The maximum absolute atomic E-state index is 12.3. The van der Waals surface area contributed by atoms with Gasteiger partial charge in [0.15, 0.2) is 5.82 Å². The van der Waals surface area contributed by atoms with E-state index in [0.717, 1.165) is 17.1 Å². The van der Waals surface area contributed by atoms with Gasteiger partial charge in [0.25, 0.3) is 5.91 Å². The van der Waals surface area contributed by atoms with E-state index in [4.69, 9.17) is 4.42 Å². The first-order valence-electron chi connectivity index (χ1n) is 7.86. The first kappa shape index (κ1) is 16.0. The molecule has 0 aliphatic rings. The summed E-state index contributed by atoms with van der Waals surface area (Å²) in [5.41, 5.74) is 2.46. The number of carbonyl (C=O) groups excluding carboxylic acids is 1. The first-order chi connectivity index (χ1) is 11.5. The molecule has 124 valence electrons. The second-order valence-corrected chi connectivity index (χ2v) is 5.90. The van der Waals surface area contributed by atoms with Gasteiger partial charge < -0.3 is 9.73 Å². The van der Waals surface area contributed by atoms with E-state index in [1.807, 2.05) is 39.0 Å².